The molecular formula is C17H19FN4O. The average Bonchev–Trinajstić information content (AvgIpc) is 3.10. The molecule has 0 bridgehead atoms. The van der Waals surface area contributed by atoms with Crippen LogP contribution in [0.4, 0.5) is 4.39 Å². The monoisotopic (exact) mass is 314 g/mol. The first-order valence-electron chi connectivity index (χ1n) is 7.78. The highest BCUT2D eigenvalue weighted by molar-refractivity contribution is 5.33. The van der Waals surface area contributed by atoms with Crippen molar-refractivity contribution in [3.63, 3.8) is 0 Å². The van der Waals surface area contributed by atoms with Crippen LogP contribution in [0.1, 0.15) is 35.8 Å². The Morgan fingerprint density at radius 1 is 1.43 bits per heavy atom. The second-order valence-electron chi connectivity index (χ2n) is 5.76. The van der Waals surface area contributed by atoms with E-state index in [1.165, 1.54) is 12.1 Å². The Kier molecular flexibility index (Phi) is 5.01. The van der Waals surface area contributed by atoms with Crippen LogP contribution in [0.3, 0.4) is 0 Å². The number of hydrogen-bond donors (Lipinski definition) is 2. The Morgan fingerprint density at radius 3 is 3.09 bits per heavy atom. The van der Waals surface area contributed by atoms with Gasteiger partial charge < -0.3 is 10.1 Å². The molecule has 3 rings (SSSR count). The molecule has 6 heteroatoms. The average molecular weight is 314 g/mol. The van der Waals surface area contributed by atoms with Gasteiger partial charge in [-0.25, -0.2) is 4.39 Å². The quantitative estimate of drug-likeness (QED) is 0.890. The standard InChI is InChI=1S/C17H19FN4O/c18-15-8-12(3-4-13(15)9-19)10-20-11-14-2-1-7-23-17(14)16-5-6-21-22-16/h3-6,8,14,17,20H,1-2,7,10-11H2,(H,21,22)/t14-,17+/m0/s1. The number of halogens is 1. The van der Waals surface area contributed by atoms with Gasteiger partial charge in [0.2, 0.25) is 0 Å². The maximum atomic E-state index is 13.6. The largest absolute Gasteiger partial charge is 0.372 e. The van der Waals surface area contributed by atoms with E-state index in [1.807, 2.05) is 12.1 Å². The summed E-state index contributed by atoms with van der Waals surface area (Å²) in [7, 11) is 0. The molecule has 1 saturated heterocycles. The summed E-state index contributed by atoms with van der Waals surface area (Å²) in [5, 5.41) is 19.1. The Morgan fingerprint density at radius 2 is 2.35 bits per heavy atom. The van der Waals surface area contributed by atoms with Gasteiger partial charge in [0.05, 0.1) is 11.3 Å². The van der Waals surface area contributed by atoms with Crippen LogP contribution in [0.25, 0.3) is 0 Å². The third kappa shape index (κ3) is 3.76. The smallest absolute Gasteiger partial charge is 0.141 e. The third-order valence-electron chi connectivity index (χ3n) is 4.16. The molecule has 2 atom stereocenters. The van der Waals surface area contributed by atoms with Gasteiger partial charge in [0, 0.05) is 31.8 Å². The summed E-state index contributed by atoms with van der Waals surface area (Å²) in [4.78, 5) is 0. The maximum absolute atomic E-state index is 13.6. The van der Waals surface area contributed by atoms with E-state index in [4.69, 9.17) is 10.00 Å². The number of nitrogens with one attached hydrogen (secondary N) is 2. The van der Waals surface area contributed by atoms with E-state index in [9.17, 15) is 4.39 Å². The van der Waals surface area contributed by atoms with E-state index in [0.717, 1.165) is 37.3 Å². The molecule has 0 spiro atoms. The van der Waals surface area contributed by atoms with Crippen LogP contribution in [0.2, 0.25) is 0 Å². The first-order valence-corrected chi connectivity index (χ1v) is 7.78. The van der Waals surface area contributed by atoms with Crippen molar-refractivity contribution in [2.24, 2.45) is 5.92 Å². The summed E-state index contributed by atoms with van der Waals surface area (Å²) < 4.78 is 19.5. The predicted octanol–water partition coefficient (Wildman–Crippen LogP) is 2.68. The van der Waals surface area contributed by atoms with Gasteiger partial charge in [0.15, 0.2) is 0 Å². The zero-order chi connectivity index (χ0) is 16.1. The molecule has 2 aromatic rings. The number of ether oxygens (including phenoxy) is 1. The van der Waals surface area contributed by atoms with Crippen molar-refractivity contribution in [1.29, 1.82) is 5.26 Å². The Balaban J connectivity index is 1.57. The molecule has 1 aromatic carbocycles. The molecule has 0 radical (unpaired) electrons. The van der Waals surface area contributed by atoms with Gasteiger partial charge in [-0.15, -0.1) is 0 Å². The summed E-state index contributed by atoms with van der Waals surface area (Å²) in [6.07, 6.45) is 3.88. The van der Waals surface area contributed by atoms with Gasteiger partial charge in [-0.2, -0.15) is 10.4 Å². The molecule has 23 heavy (non-hydrogen) atoms. The SMILES string of the molecule is N#Cc1ccc(CNC[C@@H]2CCCO[C@H]2c2ccn[nH]2)cc1F. The number of aromatic amines is 1. The highest BCUT2D eigenvalue weighted by atomic mass is 19.1. The summed E-state index contributed by atoms with van der Waals surface area (Å²) in [5.41, 5.74) is 1.91. The van der Waals surface area contributed by atoms with Crippen LogP contribution < -0.4 is 5.32 Å². The van der Waals surface area contributed by atoms with E-state index in [1.54, 1.807) is 12.3 Å². The third-order valence-corrected chi connectivity index (χ3v) is 4.16. The molecule has 1 fully saturated rings. The van der Waals surface area contributed by atoms with Gasteiger partial charge in [-0.1, -0.05) is 6.07 Å². The molecule has 2 N–H and O–H groups in total. The van der Waals surface area contributed by atoms with Crippen LogP contribution in [-0.4, -0.2) is 23.3 Å². The van der Waals surface area contributed by atoms with Gasteiger partial charge in [0.1, 0.15) is 18.0 Å². The fourth-order valence-corrected chi connectivity index (χ4v) is 2.98. The molecular weight excluding hydrogens is 295 g/mol. The lowest BCUT2D eigenvalue weighted by Gasteiger charge is -2.31. The number of nitrogens with zero attached hydrogens (tertiary/aromatic N) is 2. The van der Waals surface area contributed by atoms with Crippen molar-refractivity contribution < 1.29 is 9.13 Å². The number of aromatic nitrogens is 2. The van der Waals surface area contributed by atoms with Crippen LogP contribution >= 0.6 is 0 Å². The summed E-state index contributed by atoms with van der Waals surface area (Å²) in [5.74, 6) is -0.115. The fraction of sp³-hybridized carbons (Fsp3) is 0.412. The van der Waals surface area contributed by atoms with E-state index >= 15 is 0 Å². The lowest BCUT2D eigenvalue weighted by Crippen LogP contribution is -2.32. The number of rotatable bonds is 5. The lowest BCUT2D eigenvalue weighted by molar-refractivity contribution is -0.0303. The molecule has 5 nitrogen and oxygen atoms in total. The van der Waals surface area contributed by atoms with Crippen molar-refractivity contribution in [2.45, 2.75) is 25.5 Å². The summed E-state index contributed by atoms with van der Waals surface area (Å²) in [6.45, 7) is 2.11. The number of H-pyrrole nitrogens is 1. The van der Waals surface area contributed by atoms with Gasteiger partial charge in [-0.05, 0) is 36.6 Å². The molecule has 1 aliphatic rings. The molecule has 0 amide bonds. The van der Waals surface area contributed by atoms with Crippen molar-refractivity contribution in [2.75, 3.05) is 13.2 Å². The molecule has 0 saturated carbocycles. The van der Waals surface area contributed by atoms with E-state index in [2.05, 4.69) is 15.5 Å². The van der Waals surface area contributed by atoms with Crippen molar-refractivity contribution in [3.8, 4) is 6.07 Å². The number of nitriles is 1. The molecule has 1 aliphatic heterocycles. The zero-order valence-electron chi connectivity index (χ0n) is 12.8. The first kappa shape index (κ1) is 15.7. The molecule has 0 aliphatic carbocycles. The molecule has 120 valence electrons. The van der Waals surface area contributed by atoms with Crippen molar-refractivity contribution >= 4 is 0 Å². The number of benzene rings is 1. The molecule has 1 aromatic heterocycles. The zero-order valence-corrected chi connectivity index (χ0v) is 12.8. The van der Waals surface area contributed by atoms with E-state index in [0.29, 0.717) is 12.5 Å². The van der Waals surface area contributed by atoms with E-state index < -0.39 is 5.82 Å². The van der Waals surface area contributed by atoms with Crippen molar-refractivity contribution in [1.82, 2.24) is 15.5 Å². The van der Waals surface area contributed by atoms with Crippen LogP contribution in [0.15, 0.2) is 30.5 Å². The molecule has 2 heterocycles. The molecule has 0 unspecified atom stereocenters. The minimum atomic E-state index is -0.469. The highest BCUT2D eigenvalue weighted by Gasteiger charge is 2.28. The van der Waals surface area contributed by atoms with Crippen LogP contribution in [-0.2, 0) is 11.3 Å². The van der Waals surface area contributed by atoms with E-state index in [-0.39, 0.29) is 11.7 Å². The normalized spacial score (nSPS) is 21.0. The Labute approximate surface area is 134 Å². The predicted molar refractivity (Wildman–Crippen MR) is 82.8 cm³/mol. The van der Waals surface area contributed by atoms with Gasteiger partial charge in [-0.3, -0.25) is 5.10 Å². The van der Waals surface area contributed by atoms with Crippen molar-refractivity contribution in [3.05, 3.63) is 53.1 Å². The van der Waals surface area contributed by atoms with Gasteiger partial charge in [0.25, 0.3) is 0 Å². The maximum Gasteiger partial charge on any atom is 0.141 e. The van der Waals surface area contributed by atoms with Crippen LogP contribution in [0, 0.1) is 23.1 Å². The van der Waals surface area contributed by atoms with Gasteiger partial charge >= 0.3 is 0 Å². The lowest BCUT2D eigenvalue weighted by atomic mass is 9.92. The fourth-order valence-electron chi connectivity index (χ4n) is 2.98. The Bertz CT molecular complexity index is 680. The summed E-state index contributed by atoms with van der Waals surface area (Å²) in [6, 6.07) is 8.48. The Hall–Kier alpha value is -2.23. The first-order chi connectivity index (χ1) is 11.3. The topological polar surface area (TPSA) is 73.7 Å². The minimum absolute atomic E-state index is 0.0245. The second-order valence-corrected chi connectivity index (χ2v) is 5.76. The van der Waals surface area contributed by atoms with Crippen LogP contribution in [0.5, 0.6) is 0 Å². The highest BCUT2D eigenvalue weighted by Crippen LogP contribution is 2.32. The summed E-state index contributed by atoms with van der Waals surface area (Å²) >= 11 is 0. The number of hydrogen-bond acceptors (Lipinski definition) is 4. The minimum Gasteiger partial charge on any atom is -0.372 e. The second kappa shape index (κ2) is 7.36.